The van der Waals surface area contributed by atoms with Gasteiger partial charge in [0.2, 0.25) is 0 Å². The van der Waals surface area contributed by atoms with E-state index in [1.165, 1.54) is 11.3 Å². The minimum Gasteiger partial charge on any atom is -0.462 e. The third kappa shape index (κ3) is 3.07. The van der Waals surface area contributed by atoms with E-state index in [-0.39, 0.29) is 0 Å². The number of pyridine rings is 1. The Hall–Kier alpha value is -1.82. The van der Waals surface area contributed by atoms with Gasteiger partial charge in [0.1, 0.15) is 5.56 Å². The van der Waals surface area contributed by atoms with Crippen LogP contribution in [-0.2, 0) is 9.57 Å². The lowest BCUT2D eigenvalue weighted by atomic mass is 10.2. The Morgan fingerprint density at radius 1 is 1.59 bits per heavy atom. The van der Waals surface area contributed by atoms with Crippen LogP contribution in [0, 0.1) is 0 Å². The summed E-state index contributed by atoms with van der Waals surface area (Å²) >= 11 is 0. The van der Waals surface area contributed by atoms with Gasteiger partial charge in [-0.2, -0.15) is 0 Å². The highest BCUT2D eigenvalue weighted by atomic mass is 16.7. The van der Waals surface area contributed by atoms with Gasteiger partial charge in [0.15, 0.2) is 5.82 Å². The summed E-state index contributed by atoms with van der Waals surface area (Å²) in [6.45, 7) is 2.10. The van der Waals surface area contributed by atoms with Crippen LogP contribution in [0.25, 0.3) is 0 Å². The van der Waals surface area contributed by atoms with Crippen molar-refractivity contribution in [1.29, 1.82) is 0 Å². The molecule has 0 aromatic carbocycles. The Balaban J connectivity index is 3.05. The first-order chi connectivity index (χ1) is 8.13. The van der Waals surface area contributed by atoms with Crippen LogP contribution in [0.3, 0.4) is 0 Å². The fourth-order valence-electron chi connectivity index (χ4n) is 1.29. The highest BCUT2D eigenvalue weighted by Gasteiger charge is 2.14. The molecule has 0 fully saturated rings. The van der Waals surface area contributed by atoms with Gasteiger partial charge in [-0.05, 0) is 6.92 Å². The van der Waals surface area contributed by atoms with Crippen molar-refractivity contribution in [2.75, 3.05) is 38.2 Å². The third-order valence-corrected chi connectivity index (χ3v) is 2.25. The Morgan fingerprint density at radius 3 is 2.82 bits per heavy atom. The summed E-state index contributed by atoms with van der Waals surface area (Å²) in [6.07, 6.45) is 1.47. The van der Waals surface area contributed by atoms with E-state index in [9.17, 15) is 4.79 Å². The molecule has 1 rings (SSSR count). The number of nitrogens with zero attached hydrogens (tertiary/aromatic N) is 2. The Kier molecular flexibility index (Phi) is 4.71. The number of hydrogen-bond donors (Lipinski definition) is 1. The van der Waals surface area contributed by atoms with E-state index in [1.54, 1.807) is 34.2 Å². The first-order valence-electron chi connectivity index (χ1n) is 5.26. The van der Waals surface area contributed by atoms with Crippen LogP contribution in [-0.4, -0.2) is 38.8 Å². The molecule has 1 heterocycles. The number of rotatable bonds is 5. The van der Waals surface area contributed by atoms with E-state index in [1.807, 2.05) is 0 Å². The molecule has 94 valence electrons. The molecule has 0 spiro atoms. The van der Waals surface area contributed by atoms with Crippen molar-refractivity contribution in [2.24, 2.45) is 0 Å². The largest absolute Gasteiger partial charge is 0.462 e. The zero-order valence-electron chi connectivity index (χ0n) is 10.5. The fraction of sp³-hybridized carbons (Fsp3) is 0.455. The molecular formula is C11H17N3O3. The Bertz CT molecular complexity index is 396. The number of esters is 1. The first kappa shape index (κ1) is 13.2. The molecule has 1 aromatic rings. The molecule has 0 saturated carbocycles. The van der Waals surface area contributed by atoms with Crippen LogP contribution in [0.1, 0.15) is 17.3 Å². The standard InChI is InChI=1S/C11H17N3O3/c1-5-17-11(15)8-7-13-10(14(3)16-4)6-9(8)12-2/h6-7H,5H2,1-4H3,(H,12,13). The van der Waals surface area contributed by atoms with Gasteiger partial charge >= 0.3 is 5.97 Å². The Labute approximate surface area is 100 Å². The van der Waals surface area contributed by atoms with Crippen molar-refractivity contribution in [1.82, 2.24) is 4.98 Å². The molecule has 0 aliphatic carbocycles. The van der Waals surface area contributed by atoms with Crippen molar-refractivity contribution < 1.29 is 14.4 Å². The van der Waals surface area contributed by atoms with Gasteiger partial charge in [0.25, 0.3) is 0 Å². The average molecular weight is 239 g/mol. The molecule has 1 N–H and O–H groups in total. The van der Waals surface area contributed by atoms with Gasteiger partial charge in [0, 0.05) is 26.4 Å². The summed E-state index contributed by atoms with van der Waals surface area (Å²) in [5.41, 5.74) is 1.06. The molecule has 0 saturated heterocycles. The van der Waals surface area contributed by atoms with Gasteiger partial charge in [0.05, 0.1) is 19.4 Å². The van der Waals surface area contributed by atoms with Crippen molar-refractivity contribution in [3.05, 3.63) is 17.8 Å². The summed E-state index contributed by atoms with van der Waals surface area (Å²) in [5, 5.41) is 4.43. The molecule has 0 aliphatic heterocycles. The van der Waals surface area contributed by atoms with Gasteiger partial charge in [-0.15, -0.1) is 0 Å². The van der Waals surface area contributed by atoms with Crippen molar-refractivity contribution in [3.8, 4) is 0 Å². The predicted octanol–water partition coefficient (Wildman–Crippen LogP) is 1.30. The topological polar surface area (TPSA) is 63.7 Å². The predicted molar refractivity (Wildman–Crippen MR) is 65.2 cm³/mol. The smallest absolute Gasteiger partial charge is 0.341 e. The zero-order chi connectivity index (χ0) is 12.8. The summed E-state index contributed by atoms with van der Waals surface area (Å²) in [5.74, 6) is 0.209. The second kappa shape index (κ2) is 6.05. The molecule has 0 bridgehead atoms. The molecule has 6 nitrogen and oxygen atoms in total. The molecule has 0 aliphatic rings. The second-order valence-electron chi connectivity index (χ2n) is 3.24. The highest BCUT2D eigenvalue weighted by molar-refractivity contribution is 5.95. The van der Waals surface area contributed by atoms with E-state index >= 15 is 0 Å². The normalized spacial score (nSPS) is 9.88. The molecule has 1 aromatic heterocycles. The van der Waals surface area contributed by atoms with Gasteiger partial charge in [-0.1, -0.05) is 0 Å². The number of anilines is 2. The molecule has 0 atom stereocenters. The van der Waals surface area contributed by atoms with Crippen molar-refractivity contribution in [2.45, 2.75) is 6.92 Å². The number of hydroxylamine groups is 1. The number of nitrogens with one attached hydrogen (secondary N) is 1. The molecule has 0 unspecified atom stereocenters. The van der Waals surface area contributed by atoms with Crippen molar-refractivity contribution >= 4 is 17.5 Å². The van der Waals surface area contributed by atoms with Crippen LogP contribution in [0.15, 0.2) is 12.3 Å². The second-order valence-corrected chi connectivity index (χ2v) is 3.24. The Morgan fingerprint density at radius 2 is 2.29 bits per heavy atom. The lowest BCUT2D eigenvalue weighted by Gasteiger charge is -2.16. The van der Waals surface area contributed by atoms with Crippen LogP contribution >= 0.6 is 0 Å². The minimum absolute atomic E-state index is 0.335. The third-order valence-electron chi connectivity index (χ3n) is 2.25. The lowest BCUT2D eigenvalue weighted by molar-refractivity contribution is 0.0527. The number of aromatic nitrogens is 1. The monoisotopic (exact) mass is 239 g/mol. The van der Waals surface area contributed by atoms with Gasteiger partial charge in [-0.25, -0.2) is 14.8 Å². The minimum atomic E-state index is -0.393. The summed E-state index contributed by atoms with van der Waals surface area (Å²) in [7, 11) is 5.00. The zero-order valence-corrected chi connectivity index (χ0v) is 10.5. The SMILES string of the molecule is CCOC(=O)c1cnc(N(C)OC)cc1NC. The fourth-order valence-corrected chi connectivity index (χ4v) is 1.29. The van der Waals surface area contributed by atoms with Gasteiger partial charge in [-0.3, -0.25) is 4.84 Å². The molecule has 17 heavy (non-hydrogen) atoms. The van der Waals surface area contributed by atoms with Crippen LogP contribution < -0.4 is 10.4 Å². The first-order valence-corrected chi connectivity index (χ1v) is 5.26. The number of ether oxygens (including phenoxy) is 1. The summed E-state index contributed by atoms with van der Waals surface area (Å²) in [6, 6.07) is 1.72. The van der Waals surface area contributed by atoms with E-state index in [4.69, 9.17) is 9.57 Å². The van der Waals surface area contributed by atoms with E-state index in [0.29, 0.717) is 23.7 Å². The van der Waals surface area contributed by atoms with Crippen molar-refractivity contribution in [3.63, 3.8) is 0 Å². The molecule has 0 radical (unpaired) electrons. The highest BCUT2D eigenvalue weighted by Crippen LogP contribution is 2.20. The van der Waals surface area contributed by atoms with E-state index < -0.39 is 5.97 Å². The summed E-state index contributed by atoms with van der Waals surface area (Å²) in [4.78, 5) is 20.8. The van der Waals surface area contributed by atoms with E-state index in [2.05, 4.69) is 10.3 Å². The van der Waals surface area contributed by atoms with Crippen LogP contribution in [0.5, 0.6) is 0 Å². The molecule has 6 heteroatoms. The van der Waals surface area contributed by atoms with E-state index in [0.717, 1.165) is 0 Å². The number of hydrogen-bond acceptors (Lipinski definition) is 6. The number of carbonyl (C=O) groups is 1. The maximum absolute atomic E-state index is 11.6. The average Bonchev–Trinajstić information content (AvgIpc) is 2.37. The maximum Gasteiger partial charge on any atom is 0.341 e. The van der Waals surface area contributed by atoms with Gasteiger partial charge < -0.3 is 10.1 Å². The van der Waals surface area contributed by atoms with Crippen LogP contribution in [0.4, 0.5) is 11.5 Å². The van der Waals surface area contributed by atoms with Crippen LogP contribution in [0.2, 0.25) is 0 Å². The molecular weight excluding hydrogens is 222 g/mol. The molecule has 0 amide bonds. The number of carbonyl (C=O) groups excluding carboxylic acids is 1. The maximum atomic E-state index is 11.6. The quantitative estimate of drug-likeness (QED) is 0.617. The summed E-state index contributed by atoms with van der Waals surface area (Å²) < 4.78 is 4.93. The lowest BCUT2D eigenvalue weighted by Crippen LogP contribution is -2.17.